The molecule has 1 aromatic carbocycles. The SMILES string of the molecule is CC(=O)N(c1ccccc1)c1nc(/C=C/C(=O)N2CC[C@@H]3CCCC[C@@H]3C2)cs1. The first kappa shape index (κ1) is 19.8. The lowest BCUT2D eigenvalue weighted by Crippen LogP contribution is -2.44. The Hall–Kier alpha value is -2.47. The van der Waals surface area contributed by atoms with Gasteiger partial charge in [0.25, 0.3) is 0 Å². The molecule has 2 atom stereocenters. The first-order chi connectivity index (χ1) is 14.1. The van der Waals surface area contributed by atoms with Gasteiger partial charge in [0, 0.05) is 31.5 Å². The predicted octanol–water partition coefficient (Wildman–Crippen LogP) is 4.88. The number of carbonyl (C=O) groups excluding carboxylic acids is 2. The molecular weight excluding hydrogens is 382 g/mol. The van der Waals surface area contributed by atoms with Crippen LogP contribution in [0.3, 0.4) is 0 Å². The van der Waals surface area contributed by atoms with Crippen LogP contribution < -0.4 is 4.90 Å². The summed E-state index contributed by atoms with van der Waals surface area (Å²) in [6.45, 7) is 3.28. The second-order valence-corrected chi connectivity index (χ2v) is 8.79. The largest absolute Gasteiger partial charge is 0.339 e. The number of para-hydroxylation sites is 1. The van der Waals surface area contributed by atoms with Gasteiger partial charge in [-0.3, -0.25) is 14.5 Å². The summed E-state index contributed by atoms with van der Waals surface area (Å²) in [7, 11) is 0. The van der Waals surface area contributed by atoms with E-state index in [1.165, 1.54) is 43.9 Å². The van der Waals surface area contributed by atoms with Gasteiger partial charge >= 0.3 is 0 Å². The maximum Gasteiger partial charge on any atom is 0.246 e. The van der Waals surface area contributed by atoms with E-state index in [0.717, 1.165) is 31.1 Å². The number of anilines is 2. The van der Waals surface area contributed by atoms with Gasteiger partial charge in [0.15, 0.2) is 5.13 Å². The normalized spacial score (nSPS) is 21.8. The zero-order chi connectivity index (χ0) is 20.2. The number of piperidine rings is 1. The highest BCUT2D eigenvalue weighted by Gasteiger charge is 2.32. The van der Waals surface area contributed by atoms with Crippen LogP contribution in [0.1, 0.15) is 44.7 Å². The Morgan fingerprint density at radius 3 is 2.66 bits per heavy atom. The number of hydrogen-bond acceptors (Lipinski definition) is 4. The zero-order valence-corrected chi connectivity index (χ0v) is 17.6. The number of carbonyl (C=O) groups is 2. The molecule has 0 spiro atoms. The summed E-state index contributed by atoms with van der Waals surface area (Å²) in [4.78, 5) is 33.0. The van der Waals surface area contributed by atoms with E-state index in [0.29, 0.717) is 16.7 Å². The van der Waals surface area contributed by atoms with E-state index >= 15 is 0 Å². The lowest BCUT2D eigenvalue weighted by atomic mass is 9.75. The van der Waals surface area contributed by atoms with E-state index in [-0.39, 0.29) is 11.8 Å². The highest BCUT2D eigenvalue weighted by atomic mass is 32.1. The Bertz CT molecular complexity index is 893. The third-order valence-corrected chi connectivity index (χ3v) is 6.87. The summed E-state index contributed by atoms with van der Waals surface area (Å²) < 4.78 is 0. The molecule has 0 radical (unpaired) electrons. The Morgan fingerprint density at radius 2 is 1.90 bits per heavy atom. The summed E-state index contributed by atoms with van der Waals surface area (Å²) in [6.07, 6.45) is 9.76. The molecule has 1 saturated carbocycles. The van der Waals surface area contributed by atoms with Gasteiger partial charge in [-0.25, -0.2) is 4.98 Å². The van der Waals surface area contributed by atoms with Crippen LogP contribution in [0, 0.1) is 11.8 Å². The number of nitrogens with zero attached hydrogens (tertiary/aromatic N) is 3. The van der Waals surface area contributed by atoms with Crippen LogP contribution in [0.2, 0.25) is 0 Å². The van der Waals surface area contributed by atoms with E-state index in [9.17, 15) is 9.59 Å². The average Bonchev–Trinajstić information content (AvgIpc) is 3.20. The van der Waals surface area contributed by atoms with Crippen LogP contribution >= 0.6 is 11.3 Å². The maximum absolute atomic E-state index is 12.7. The zero-order valence-electron chi connectivity index (χ0n) is 16.8. The van der Waals surface area contributed by atoms with E-state index in [1.807, 2.05) is 40.6 Å². The number of benzene rings is 1. The van der Waals surface area contributed by atoms with Gasteiger partial charge in [0.1, 0.15) is 0 Å². The highest BCUT2D eigenvalue weighted by molar-refractivity contribution is 7.14. The summed E-state index contributed by atoms with van der Waals surface area (Å²) in [5.74, 6) is 1.46. The fraction of sp³-hybridized carbons (Fsp3) is 0.435. The van der Waals surface area contributed by atoms with Crippen molar-refractivity contribution < 1.29 is 9.59 Å². The minimum Gasteiger partial charge on any atom is -0.339 e. The number of fused-ring (bicyclic) bond motifs is 1. The molecule has 2 amide bonds. The van der Waals surface area contributed by atoms with Gasteiger partial charge in [-0.1, -0.05) is 37.5 Å². The van der Waals surface area contributed by atoms with E-state index in [2.05, 4.69) is 4.98 Å². The molecule has 152 valence electrons. The Balaban J connectivity index is 1.42. The van der Waals surface area contributed by atoms with Crippen molar-refractivity contribution in [1.82, 2.24) is 9.88 Å². The second kappa shape index (κ2) is 8.91. The van der Waals surface area contributed by atoms with Gasteiger partial charge in [-0.15, -0.1) is 11.3 Å². The van der Waals surface area contributed by atoms with Crippen LogP contribution in [-0.2, 0) is 9.59 Å². The molecule has 2 heterocycles. The summed E-state index contributed by atoms with van der Waals surface area (Å²) in [6, 6.07) is 9.48. The van der Waals surface area contributed by atoms with Gasteiger partial charge in [0.2, 0.25) is 11.8 Å². The minimum absolute atomic E-state index is 0.0649. The van der Waals surface area contributed by atoms with E-state index in [4.69, 9.17) is 0 Å². The maximum atomic E-state index is 12.7. The van der Waals surface area contributed by atoms with Crippen molar-refractivity contribution in [2.75, 3.05) is 18.0 Å². The Kier molecular flexibility index (Phi) is 6.09. The third kappa shape index (κ3) is 4.58. The molecule has 2 aromatic rings. The predicted molar refractivity (Wildman–Crippen MR) is 117 cm³/mol. The van der Waals surface area contributed by atoms with Crippen molar-refractivity contribution in [3.8, 4) is 0 Å². The van der Waals surface area contributed by atoms with Crippen molar-refractivity contribution in [2.24, 2.45) is 11.8 Å². The molecule has 2 aliphatic rings. The molecule has 29 heavy (non-hydrogen) atoms. The molecule has 5 nitrogen and oxygen atoms in total. The lowest BCUT2D eigenvalue weighted by molar-refractivity contribution is -0.129. The second-order valence-electron chi connectivity index (χ2n) is 7.96. The van der Waals surface area contributed by atoms with E-state index < -0.39 is 0 Å². The highest BCUT2D eigenvalue weighted by Crippen LogP contribution is 2.36. The van der Waals surface area contributed by atoms with Gasteiger partial charge in [-0.2, -0.15) is 0 Å². The average molecular weight is 410 g/mol. The molecule has 1 saturated heterocycles. The van der Waals surface area contributed by atoms with Crippen molar-refractivity contribution >= 4 is 40.0 Å². The first-order valence-corrected chi connectivity index (χ1v) is 11.3. The smallest absolute Gasteiger partial charge is 0.246 e. The van der Waals surface area contributed by atoms with Crippen LogP contribution in [0.15, 0.2) is 41.8 Å². The fourth-order valence-electron chi connectivity index (χ4n) is 4.52. The number of rotatable bonds is 4. The standard InChI is InChI=1S/C23H27N3O2S/c1-17(27)26(21-9-3-2-4-10-21)23-24-20(16-29-23)11-12-22(28)25-14-13-18-7-5-6-8-19(18)15-25/h2-4,9-12,16,18-19H,5-8,13-15H2,1H3/b12-11+/t18-,19+/m0/s1. The van der Waals surface area contributed by atoms with Crippen molar-refractivity contribution in [3.63, 3.8) is 0 Å². The fourth-order valence-corrected chi connectivity index (χ4v) is 5.38. The molecule has 1 aliphatic carbocycles. The molecule has 0 N–H and O–H groups in total. The molecule has 4 rings (SSSR count). The van der Waals surface area contributed by atoms with Gasteiger partial charge in [-0.05, 0) is 42.9 Å². The number of thiazole rings is 1. The molecule has 2 fully saturated rings. The monoisotopic (exact) mass is 409 g/mol. The Labute approximate surface area is 176 Å². The van der Waals surface area contributed by atoms with Crippen LogP contribution in [0.5, 0.6) is 0 Å². The van der Waals surface area contributed by atoms with Gasteiger partial charge < -0.3 is 4.90 Å². The molecule has 1 aromatic heterocycles. The topological polar surface area (TPSA) is 53.5 Å². The third-order valence-electron chi connectivity index (χ3n) is 6.03. The molecule has 1 aliphatic heterocycles. The van der Waals surface area contributed by atoms with Crippen molar-refractivity contribution in [2.45, 2.75) is 39.0 Å². The van der Waals surface area contributed by atoms with Crippen LogP contribution in [-0.4, -0.2) is 34.8 Å². The number of likely N-dealkylation sites (tertiary alicyclic amines) is 1. The number of aromatic nitrogens is 1. The molecular formula is C23H27N3O2S. The van der Waals surface area contributed by atoms with Crippen LogP contribution in [0.25, 0.3) is 6.08 Å². The summed E-state index contributed by atoms with van der Waals surface area (Å²) in [5, 5.41) is 2.49. The number of hydrogen-bond donors (Lipinski definition) is 0. The van der Waals surface area contributed by atoms with Crippen molar-refractivity contribution in [3.05, 3.63) is 47.5 Å². The molecule has 6 heteroatoms. The molecule has 0 bridgehead atoms. The van der Waals surface area contributed by atoms with Crippen molar-refractivity contribution in [1.29, 1.82) is 0 Å². The summed E-state index contributed by atoms with van der Waals surface area (Å²) in [5.41, 5.74) is 1.49. The number of amides is 2. The lowest BCUT2D eigenvalue weighted by Gasteiger charge is -2.41. The van der Waals surface area contributed by atoms with Gasteiger partial charge in [0.05, 0.1) is 11.4 Å². The quantitative estimate of drug-likeness (QED) is 0.676. The molecule has 0 unspecified atom stereocenters. The summed E-state index contributed by atoms with van der Waals surface area (Å²) >= 11 is 1.40. The van der Waals surface area contributed by atoms with E-state index in [1.54, 1.807) is 17.1 Å². The minimum atomic E-state index is -0.0903. The van der Waals surface area contributed by atoms with Crippen LogP contribution in [0.4, 0.5) is 10.8 Å². The first-order valence-electron chi connectivity index (χ1n) is 10.4. The Morgan fingerprint density at radius 1 is 1.14 bits per heavy atom.